The first kappa shape index (κ1) is 9.15. The average molecular weight is 206 g/mol. The smallest absolute Gasteiger partial charge is 0.214 e. The molecule has 3 nitrogen and oxygen atoms in total. The number of carbonyl (C=O) groups excluding carboxylic acids is 1. The summed E-state index contributed by atoms with van der Waals surface area (Å²) in [5.41, 5.74) is 1.27. The van der Waals surface area contributed by atoms with Gasteiger partial charge < -0.3 is 0 Å². The Labute approximate surface area is 86.0 Å². The number of hydrogen-bond acceptors (Lipinski definition) is 3. The van der Waals surface area contributed by atoms with Crippen LogP contribution in [0.5, 0.6) is 0 Å². The minimum absolute atomic E-state index is 0.00403. The number of rotatable bonds is 2. The van der Waals surface area contributed by atoms with Crippen molar-refractivity contribution in [3.63, 3.8) is 0 Å². The summed E-state index contributed by atoms with van der Waals surface area (Å²) < 4.78 is 1.63. The summed E-state index contributed by atoms with van der Waals surface area (Å²) in [5, 5.41) is 6.00. The van der Waals surface area contributed by atoms with E-state index in [1.54, 1.807) is 35.3 Å². The van der Waals surface area contributed by atoms with Crippen molar-refractivity contribution < 1.29 is 4.79 Å². The molecule has 0 aliphatic rings. The lowest BCUT2D eigenvalue weighted by molar-refractivity contribution is 0.103. The molecule has 14 heavy (non-hydrogen) atoms. The van der Waals surface area contributed by atoms with Crippen molar-refractivity contribution in [2.75, 3.05) is 0 Å². The van der Waals surface area contributed by atoms with E-state index in [9.17, 15) is 4.79 Å². The molecule has 0 amide bonds. The fraction of sp³-hybridized carbons (Fsp3) is 0.200. The Balaban J connectivity index is 2.38. The molecule has 2 rings (SSSR count). The third kappa shape index (κ3) is 1.48. The topological polar surface area (TPSA) is 34.9 Å². The first-order chi connectivity index (χ1) is 6.68. The summed E-state index contributed by atoms with van der Waals surface area (Å²) in [4.78, 5) is 12.9. The molecule has 0 unspecified atom stereocenters. The van der Waals surface area contributed by atoms with E-state index >= 15 is 0 Å². The van der Waals surface area contributed by atoms with Gasteiger partial charge in [-0.15, -0.1) is 11.3 Å². The molecule has 0 saturated heterocycles. The Bertz CT molecular complexity index is 470. The summed E-state index contributed by atoms with van der Waals surface area (Å²) in [7, 11) is 1.80. The second-order valence-electron chi connectivity index (χ2n) is 3.09. The van der Waals surface area contributed by atoms with E-state index in [4.69, 9.17) is 0 Å². The molecule has 2 aromatic rings. The number of hydrogen-bond donors (Lipinski definition) is 0. The molecule has 0 saturated carbocycles. The van der Waals surface area contributed by atoms with Crippen molar-refractivity contribution in [3.8, 4) is 0 Å². The third-order valence-electron chi connectivity index (χ3n) is 2.05. The van der Waals surface area contributed by atoms with E-state index in [1.807, 2.05) is 18.4 Å². The van der Waals surface area contributed by atoms with E-state index in [2.05, 4.69) is 5.10 Å². The lowest BCUT2D eigenvalue weighted by atomic mass is 10.1. The van der Waals surface area contributed by atoms with Gasteiger partial charge in [0.1, 0.15) is 5.69 Å². The van der Waals surface area contributed by atoms with Crippen molar-refractivity contribution in [2.45, 2.75) is 6.92 Å². The van der Waals surface area contributed by atoms with Gasteiger partial charge in [0, 0.05) is 23.7 Å². The lowest BCUT2D eigenvalue weighted by Gasteiger charge is -1.94. The van der Waals surface area contributed by atoms with Gasteiger partial charge in [-0.25, -0.2) is 0 Å². The predicted octanol–water partition coefficient (Wildman–Crippen LogP) is 2.02. The van der Waals surface area contributed by atoms with Crippen LogP contribution in [0.1, 0.15) is 20.9 Å². The lowest BCUT2D eigenvalue weighted by Crippen LogP contribution is -2.03. The van der Waals surface area contributed by atoms with Gasteiger partial charge in [-0.1, -0.05) is 0 Å². The van der Waals surface area contributed by atoms with E-state index in [0.717, 1.165) is 10.4 Å². The summed E-state index contributed by atoms with van der Waals surface area (Å²) >= 11 is 1.58. The largest absolute Gasteiger partial charge is 0.287 e. The molecule has 2 heterocycles. The molecule has 2 aromatic heterocycles. The van der Waals surface area contributed by atoms with Crippen LogP contribution in [0.3, 0.4) is 0 Å². The Morgan fingerprint density at radius 2 is 2.29 bits per heavy atom. The second-order valence-corrected chi connectivity index (χ2v) is 4.21. The minimum Gasteiger partial charge on any atom is -0.287 e. The van der Waals surface area contributed by atoms with Crippen LogP contribution >= 0.6 is 11.3 Å². The number of nitrogens with zero attached hydrogens (tertiary/aromatic N) is 2. The molecule has 0 aromatic carbocycles. The fourth-order valence-corrected chi connectivity index (χ4v) is 1.99. The molecule has 0 aliphatic heterocycles. The zero-order valence-electron chi connectivity index (χ0n) is 8.02. The first-order valence-electron chi connectivity index (χ1n) is 4.27. The van der Waals surface area contributed by atoms with Crippen LogP contribution in [0.15, 0.2) is 23.7 Å². The summed E-state index contributed by atoms with van der Waals surface area (Å²) in [6.07, 6.45) is 1.77. The van der Waals surface area contributed by atoms with Crippen LogP contribution in [0, 0.1) is 6.92 Å². The van der Waals surface area contributed by atoms with Gasteiger partial charge >= 0.3 is 0 Å². The number of aromatic nitrogens is 2. The van der Waals surface area contributed by atoms with Gasteiger partial charge in [0.2, 0.25) is 5.78 Å². The molecule has 0 bridgehead atoms. The van der Waals surface area contributed by atoms with Gasteiger partial charge in [-0.3, -0.25) is 9.48 Å². The zero-order valence-corrected chi connectivity index (χ0v) is 8.84. The first-order valence-corrected chi connectivity index (χ1v) is 5.15. The zero-order chi connectivity index (χ0) is 10.1. The maximum Gasteiger partial charge on any atom is 0.214 e. The standard InChI is InChI=1S/C10H10N2OS/c1-7-8(4-6-14-7)10(13)9-3-5-12(2)11-9/h3-6H,1-2H3. The van der Waals surface area contributed by atoms with Crippen LogP contribution < -0.4 is 0 Å². The van der Waals surface area contributed by atoms with Gasteiger partial charge in [0.25, 0.3) is 0 Å². The normalized spacial score (nSPS) is 10.4. The highest BCUT2D eigenvalue weighted by Crippen LogP contribution is 2.18. The average Bonchev–Trinajstić information content (AvgIpc) is 2.73. The molecule has 4 heteroatoms. The van der Waals surface area contributed by atoms with Gasteiger partial charge in [0.15, 0.2) is 0 Å². The minimum atomic E-state index is 0.00403. The summed E-state index contributed by atoms with van der Waals surface area (Å²) in [6, 6.07) is 3.58. The van der Waals surface area contributed by atoms with Crippen LogP contribution in [0.25, 0.3) is 0 Å². The molecule has 0 radical (unpaired) electrons. The van der Waals surface area contributed by atoms with Crippen LogP contribution in [-0.2, 0) is 7.05 Å². The maximum absolute atomic E-state index is 11.9. The van der Waals surface area contributed by atoms with E-state index < -0.39 is 0 Å². The predicted molar refractivity (Wildman–Crippen MR) is 55.7 cm³/mol. The second kappa shape index (κ2) is 3.38. The SMILES string of the molecule is Cc1sccc1C(=O)c1ccn(C)n1. The Kier molecular flexibility index (Phi) is 2.21. The van der Waals surface area contributed by atoms with Crippen LogP contribution in [-0.4, -0.2) is 15.6 Å². The Morgan fingerprint density at radius 1 is 1.50 bits per heavy atom. The fourth-order valence-electron chi connectivity index (χ4n) is 1.29. The van der Waals surface area contributed by atoms with E-state index in [0.29, 0.717) is 5.69 Å². The van der Waals surface area contributed by atoms with Gasteiger partial charge in [-0.05, 0) is 24.4 Å². The van der Waals surface area contributed by atoms with Gasteiger partial charge in [-0.2, -0.15) is 5.10 Å². The number of carbonyl (C=O) groups is 1. The van der Waals surface area contributed by atoms with Crippen molar-refractivity contribution in [2.24, 2.45) is 7.05 Å². The molecule has 0 aliphatic carbocycles. The van der Waals surface area contributed by atoms with Crippen LogP contribution in [0.4, 0.5) is 0 Å². The van der Waals surface area contributed by atoms with Crippen molar-refractivity contribution in [1.82, 2.24) is 9.78 Å². The summed E-state index contributed by atoms with van der Waals surface area (Å²) in [6.45, 7) is 1.95. The molecule has 72 valence electrons. The summed E-state index contributed by atoms with van der Waals surface area (Å²) in [5.74, 6) is 0.00403. The molecular weight excluding hydrogens is 196 g/mol. The molecular formula is C10H10N2OS. The highest BCUT2D eigenvalue weighted by molar-refractivity contribution is 7.10. The highest BCUT2D eigenvalue weighted by Gasteiger charge is 2.14. The van der Waals surface area contributed by atoms with Crippen molar-refractivity contribution in [1.29, 1.82) is 0 Å². The third-order valence-corrected chi connectivity index (χ3v) is 2.90. The number of thiophene rings is 1. The monoisotopic (exact) mass is 206 g/mol. The quantitative estimate of drug-likeness (QED) is 0.705. The van der Waals surface area contributed by atoms with E-state index in [-0.39, 0.29) is 5.78 Å². The van der Waals surface area contributed by atoms with Crippen molar-refractivity contribution >= 4 is 17.1 Å². The Hall–Kier alpha value is -1.42. The number of ketones is 1. The van der Waals surface area contributed by atoms with Crippen molar-refractivity contribution in [3.05, 3.63) is 39.8 Å². The van der Waals surface area contributed by atoms with Gasteiger partial charge in [0.05, 0.1) is 0 Å². The molecule has 0 spiro atoms. The molecule has 0 N–H and O–H groups in total. The molecule has 0 atom stereocenters. The highest BCUT2D eigenvalue weighted by atomic mass is 32.1. The maximum atomic E-state index is 11.9. The van der Waals surface area contributed by atoms with Crippen LogP contribution in [0.2, 0.25) is 0 Å². The van der Waals surface area contributed by atoms with E-state index in [1.165, 1.54) is 0 Å². The Morgan fingerprint density at radius 3 is 2.79 bits per heavy atom. The number of aryl methyl sites for hydroxylation is 2. The molecule has 0 fully saturated rings.